The molecular weight excluding hydrogens is 548 g/mol. The summed E-state index contributed by atoms with van der Waals surface area (Å²) >= 11 is 12.1. The van der Waals surface area contributed by atoms with Crippen LogP contribution in [0.15, 0.2) is 0 Å². The Labute approximate surface area is 227 Å². The summed E-state index contributed by atoms with van der Waals surface area (Å²) in [6.45, 7) is 3.73. The fourth-order valence-electron chi connectivity index (χ4n) is 7.69. The summed E-state index contributed by atoms with van der Waals surface area (Å²) in [5.74, 6) is 0.402. The Balaban J connectivity index is 1.23. The predicted octanol–water partition coefficient (Wildman–Crippen LogP) is 5.82. The Bertz CT molecular complexity index is 1280. The summed E-state index contributed by atoms with van der Waals surface area (Å²) < 4.78 is 42.1. The van der Waals surface area contributed by atoms with Gasteiger partial charge in [-0.25, -0.2) is 0 Å². The Kier molecular flexibility index (Phi) is 6.73. The number of nitrogens with zero attached hydrogens (tertiary/aromatic N) is 5. The average molecular weight is 577 g/mol. The second-order valence-electron chi connectivity index (χ2n) is 11.4. The van der Waals surface area contributed by atoms with Gasteiger partial charge in [-0.2, -0.15) is 23.0 Å². The third-order valence-electron chi connectivity index (χ3n) is 8.61. The third-order valence-corrected chi connectivity index (χ3v) is 9.50. The highest BCUT2D eigenvalue weighted by molar-refractivity contribution is 6.33. The molecule has 0 aliphatic heterocycles. The summed E-state index contributed by atoms with van der Waals surface area (Å²) in [5, 5.41) is 21.9. The van der Waals surface area contributed by atoms with Crippen molar-refractivity contribution in [3.05, 3.63) is 37.2 Å². The van der Waals surface area contributed by atoms with Crippen molar-refractivity contribution >= 4 is 34.9 Å². The molecule has 208 valence electrons. The molecule has 0 radical (unpaired) electrons. The fraction of sp³-hybridized carbons (Fsp3) is 0.708. The van der Waals surface area contributed by atoms with Gasteiger partial charge in [0.05, 0.1) is 27.0 Å². The van der Waals surface area contributed by atoms with Crippen LogP contribution in [-0.2, 0) is 23.1 Å². The van der Waals surface area contributed by atoms with Crippen molar-refractivity contribution in [3.8, 4) is 0 Å². The van der Waals surface area contributed by atoms with Crippen LogP contribution in [-0.4, -0.2) is 36.9 Å². The zero-order valence-electron chi connectivity index (χ0n) is 21.1. The Morgan fingerprint density at radius 3 is 2.34 bits per heavy atom. The van der Waals surface area contributed by atoms with E-state index in [2.05, 4.69) is 15.5 Å². The average Bonchev–Trinajstić information content (AvgIpc) is 3.26. The number of aromatic nitrogens is 4. The lowest BCUT2D eigenvalue weighted by atomic mass is 9.46. The normalized spacial score (nSPS) is 28.2. The number of hydrogen-bond acceptors (Lipinski definition) is 5. The monoisotopic (exact) mass is 576 g/mol. The van der Waals surface area contributed by atoms with Gasteiger partial charge in [-0.05, 0) is 81.0 Å². The molecule has 4 fully saturated rings. The molecule has 1 N–H and O–H groups in total. The van der Waals surface area contributed by atoms with Gasteiger partial charge in [-0.3, -0.25) is 9.48 Å². The third kappa shape index (κ3) is 4.67. The lowest BCUT2D eigenvalue weighted by molar-refractivity contribution is -0.389. The van der Waals surface area contributed by atoms with Crippen molar-refractivity contribution < 1.29 is 22.9 Å². The predicted molar refractivity (Wildman–Crippen MR) is 133 cm³/mol. The van der Waals surface area contributed by atoms with Crippen LogP contribution in [0.4, 0.5) is 19.0 Å². The van der Waals surface area contributed by atoms with Gasteiger partial charge in [-0.1, -0.05) is 23.2 Å². The van der Waals surface area contributed by atoms with E-state index in [0.717, 1.165) is 32.1 Å². The van der Waals surface area contributed by atoms with Gasteiger partial charge in [-0.15, -0.1) is 0 Å². The molecule has 2 aromatic rings. The van der Waals surface area contributed by atoms with Crippen LogP contribution < -0.4 is 5.32 Å². The summed E-state index contributed by atoms with van der Waals surface area (Å²) in [4.78, 5) is 23.9. The second-order valence-corrected chi connectivity index (χ2v) is 12.2. The lowest BCUT2D eigenvalue weighted by Gasteiger charge is -2.61. The van der Waals surface area contributed by atoms with Gasteiger partial charge < -0.3 is 15.4 Å². The minimum atomic E-state index is -4.62. The highest BCUT2D eigenvalue weighted by Crippen LogP contribution is 2.65. The number of nitro groups is 1. The van der Waals surface area contributed by atoms with Crippen molar-refractivity contribution in [1.82, 2.24) is 24.9 Å². The molecule has 4 aliphatic carbocycles. The molecule has 2 atom stereocenters. The molecule has 2 heterocycles. The van der Waals surface area contributed by atoms with Crippen molar-refractivity contribution in [1.29, 1.82) is 0 Å². The van der Waals surface area contributed by atoms with Crippen LogP contribution in [0.25, 0.3) is 0 Å². The molecule has 9 nitrogen and oxygen atoms in total. The van der Waals surface area contributed by atoms with E-state index in [9.17, 15) is 28.1 Å². The number of hydrogen-bond donors (Lipinski definition) is 1. The molecule has 0 aromatic carbocycles. The molecule has 2 aromatic heterocycles. The molecule has 0 spiro atoms. The molecule has 4 saturated carbocycles. The number of aryl methyl sites for hydroxylation is 1. The van der Waals surface area contributed by atoms with Gasteiger partial charge in [0, 0.05) is 19.5 Å². The minimum Gasteiger partial charge on any atom is -0.358 e. The first-order valence-electron chi connectivity index (χ1n) is 12.7. The first-order valence-corrected chi connectivity index (χ1v) is 13.5. The maximum atomic E-state index is 13.0. The van der Waals surface area contributed by atoms with Crippen molar-refractivity contribution in [2.24, 2.45) is 17.3 Å². The van der Waals surface area contributed by atoms with Crippen molar-refractivity contribution in [2.45, 2.75) is 83.5 Å². The quantitative estimate of drug-likeness (QED) is 0.242. The Morgan fingerprint density at radius 2 is 1.79 bits per heavy atom. The maximum Gasteiger partial charge on any atom is 0.436 e. The first-order chi connectivity index (χ1) is 17.7. The molecule has 14 heteroatoms. The van der Waals surface area contributed by atoms with Crippen LogP contribution >= 0.6 is 23.2 Å². The highest BCUT2D eigenvalue weighted by atomic mass is 35.5. The standard InChI is InChI=1S/C24H29Cl2F3N6O3/c1-13-18(25)20(24(27,28)29)31-33(13)5-3-4-30-17(36)11-22-7-15-6-16(8-22)10-23(9-15,12-22)34-14(2)19(26)21(32-34)35(37)38/h15-16H,3-12H2,1-2H3,(H,30,36). The molecule has 0 saturated heterocycles. The summed E-state index contributed by atoms with van der Waals surface area (Å²) in [7, 11) is 0. The summed E-state index contributed by atoms with van der Waals surface area (Å²) in [5.41, 5.74) is -0.891. The van der Waals surface area contributed by atoms with Gasteiger partial charge >= 0.3 is 12.0 Å². The van der Waals surface area contributed by atoms with Crippen LogP contribution in [0.1, 0.15) is 68.4 Å². The molecular formula is C24H29Cl2F3N6O3. The van der Waals surface area contributed by atoms with Crippen LogP contribution in [0.5, 0.6) is 0 Å². The van der Waals surface area contributed by atoms with E-state index in [1.165, 1.54) is 11.6 Å². The second kappa shape index (κ2) is 9.39. The fourth-order valence-corrected chi connectivity index (χ4v) is 8.12. The maximum absolute atomic E-state index is 13.0. The molecule has 4 bridgehead atoms. The van der Waals surface area contributed by atoms with E-state index in [4.69, 9.17) is 23.2 Å². The molecule has 38 heavy (non-hydrogen) atoms. The number of halogens is 5. The number of nitrogens with one attached hydrogen (secondary N) is 1. The zero-order valence-corrected chi connectivity index (χ0v) is 22.6. The Hall–Kier alpha value is -2.34. The topological polar surface area (TPSA) is 108 Å². The van der Waals surface area contributed by atoms with Crippen molar-refractivity contribution in [2.75, 3.05) is 6.54 Å². The van der Waals surface area contributed by atoms with Crippen molar-refractivity contribution in [3.63, 3.8) is 0 Å². The van der Waals surface area contributed by atoms with Gasteiger partial charge in [0.25, 0.3) is 0 Å². The highest BCUT2D eigenvalue weighted by Gasteiger charge is 2.60. The van der Waals surface area contributed by atoms with Crippen LogP contribution in [0.3, 0.4) is 0 Å². The van der Waals surface area contributed by atoms with E-state index in [1.54, 1.807) is 11.6 Å². The van der Waals surface area contributed by atoms with E-state index >= 15 is 0 Å². The van der Waals surface area contributed by atoms with Crippen LogP contribution in [0, 0.1) is 41.2 Å². The van der Waals surface area contributed by atoms with E-state index in [0.29, 0.717) is 43.3 Å². The largest absolute Gasteiger partial charge is 0.436 e. The van der Waals surface area contributed by atoms with E-state index in [1.807, 2.05) is 0 Å². The van der Waals surface area contributed by atoms with E-state index in [-0.39, 0.29) is 39.9 Å². The zero-order chi connectivity index (χ0) is 27.6. The lowest BCUT2D eigenvalue weighted by Crippen LogP contribution is -2.58. The number of carbonyl (C=O) groups excluding carboxylic acids is 1. The number of rotatable bonds is 8. The number of carbonyl (C=O) groups is 1. The van der Waals surface area contributed by atoms with Gasteiger partial charge in [0.15, 0.2) is 10.7 Å². The summed E-state index contributed by atoms with van der Waals surface area (Å²) in [6, 6.07) is 0. The number of alkyl halides is 3. The Morgan fingerprint density at radius 1 is 1.13 bits per heavy atom. The van der Waals surface area contributed by atoms with Gasteiger partial charge in [0.2, 0.25) is 5.91 Å². The molecule has 4 aliphatic rings. The molecule has 6 rings (SSSR count). The molecule has 1 amide bonds. The van der Waals surface area contributed by atoms with Gasteiger partial charge in [0.1, 0.15) is 0 Å². The minimum absolute atomic E-state index is 0.0635. The molecule has 2 unspecified atom stereocenters. The van der Waals surface area contributed by atoms with Crippen LogP contribution in [0.2, 0.25) is 10.0 Å². The smallest absolute Gasteiger partial charge is 0.358 e. The summed E-state index contributed by atoms with van der Waals surface area (Å²) in [6.07, 6.45) is 1.51. The SMILES string of the molecule is Cc1c(Cl)c(C(F)(F)F)nn1CCCNC(=O)CC12CC3CC(C1)CC(n1nc([N+](=O)[O-])c(Cl)c1C)(C3)C2. The van der Waals surface area contributed by atoms with E-state index < -0.39 is 21.8 Å². The first kappa shape index (κ1) is 27.2. The number of amides is 1.